The maximum Gasteiger partial charge on any atom is 0.326 e. The SMILES string of the molecule is CC(C)CC(C(=O)O)N1C(=O)C2C(C1=O)C2(C)C. The minimum absolute atomic E-state index is 0.122. The lowest BCUT2D eigenvalue weighted by Gasteiger charge is -2.27. The van der Waals surface area contributed by atoms with E-state index in [4.69, 9.17) is 0 Å². The van der Waals surface area contributed by atoms with Gasteiger partial charge in [0.05, 0.1) is 11.8 Å². The third kappa shape index (κ3) is 1.64. The zero-order valence-corrected chi connectivity index (χ0v) is 11.1. The van der Waals surface area contributed by atoms with Gasteiger partial charge in [0.25, 0.3) is 0 Å². The Labute approximate surface area is 106 Å². The maximum absolute atomic E-state index is 12.1. The van der Waals surface area contributed by atoms with Gasteiger partial charge in [0.1, 0.15) is 6.04 Å². The molecule has 0 spiro atoms. The molecule has 1 N–H and O–H groups in total. The molecule has 2 rings (SSSR count). The summed E-state index contributed by atoms with van der Waals surface area (Å²) in [4.78, 5) is 36.5. The first-order valence-corrected chi connectivity index (χ1v) is 6.29. The molecule has 5 heteroatoms. The van der Waals surface area contributed by atoms with E-state index in [1.165, 1.54) is 0 Å². The minimum Gasteiger partial charge on any atom is -0.480 e. The summed E-state index contributed by atoms with van der Waals surface area (Å²) in [5, 5.41) is 9.20. The fraction of sp³-hybridized carbons (Fsp3) is 0.769. The summed E-state index contributed by atoms with van der Waals surface area (Å²) in [6, 6.07) is -1.01. The van der Waals surface area contributed by atoms with Crippen molar-refractivity contribution in [3.63, 3.8) is 0 Å². The van der Waals surface area contributed by atoms with Crippen LogP contribution in [0, 0.1) is 23.2 Å². The zero-order chi connectivity index (χ0) is 13.8. The van der Waals surface area contributed by atoms with Crippen LogP contribution in [-0.4, -0.2) is 33.8 Å². The third-order valence-corrected chi connectivity index (χ3v) is 4.13. The Morgan fingerprint density at radius 1 is 1.28 bits per heavy atom. The molecular weight excluding hydrogens is 234 g/mol. The van der Waals surface area contributed by atoms with E-state index in [1.807, 2.05) is 27.7 Å². The number of imide groups is 1. The number of carbonyl (C=O) groups is 3. The van der Waals surface area contributed by atoms with Crippen LogP contribution in [0.1, 0.15) is 34.1 Å². The van der Waals surface area contributed by atoms with Crippen LogP contribution in [0.25, 0.3) is 0 Å². The molecule has 0 aromatic carbocycles. The summed E-state index contributed by atoms with van der Waals surface area (Å²) in [6.07, 6.45) is 0.312. The van der Waals surface area contributed by atoms with Gasteiger partial charge in [-0.1, -0.05) is 27.7 Å². The lowest BCUT2D eigenvalue weighted by atomic mass is 9.99. The number of piperidine rings is 1. The topological polar surface area (TPSA) is 74.7 Å². The molecular formula is C13H19NO4. The molecule has 2 aliphatic rings. The Balaban J connectivity index is 2.22. The van der Waals surface area contributed by atoms with Gasteiger partial charge in [-0.2, -0.15) is 0 Å². The van der Waals surface area contributed by atoms with E-state index in [2.05, 4.69) is 0 Å². The van der Waals surface area contributed by atoms with Crippen molar-refractivity contribution in [2.45, 2.75) is 40.2 Å². The maximum atomic E-state index is 12.1. The summed E-state index contributed by atoms with van der Waals surface area (Å²) >= 11 is 0. The molecule has 2 fully saturated rings. The molecule has 2 amide bonds. The van der Waals surface area contributed by atoms with E-state index in [-0.39, 0.29) is 35.0 Å². The van der Waals surface area contributed by atoms with Crippen molar-refractivity contribution < 1.29 is 19.5 Å². The number of hydrogen-bond donors (Lipinski definition) is 1. The van der Waals surface area contributed by atoms with Crippen LogP contribution in [-0.2, 0) is 14.4 Å². The van der Waals surface area contributed by atoms with Crippen LogP contribution in [0.5, 0.6) is 0 Å². The molecule has 1 saturated carbocycles. The second kappa shape index (κ2) is 3.80. The number of rotatable bonds is 4. The van der Waals surface area contributed by atoms with Crippen molar-refractivity contribution in [3.05, 3.63) is 0 Å². The predicted molar refractivity (Wildman–Crippen MR) is 63.5 cm³/mol. The third-order valence-electron chi connectivity index (χ3n) is 4.13. The highest BCUT2D eigenvalue weighted by Gasteiger charge is 2.73. The van der Waals surface area contributed by atoms with Gasteiger partial charge in [0.15, 0.2) is 0 Å². The summed E-state index contributed by atoms with van der Waals surface area (Å²) in [5.74, 6) is -2.19. The second-order valence-corrected chi connectivity index (χ2v) is 6.31. The normalized spacial score (nSPS) is 30.6. The fourth-order valence-electron chi connectivity index (χ4n) is 3.04. The predicted octanol–water partition coefficient (Wildman–Crippen LogP) is 1.13. The first-order chi connectivity index (χ1) is 8.19. The van der Waals surface area contributed by atoms with Gasteiger partial charge >= 0.3 is 5.97 Å². The first-order valence-electron chi connectivity index (χ1n) is 6.29. The van der Waals surface area contributed by atoms with Crippen molar-refractivity contribution >= 4 is 17.8 Å². The molecule has 0 radical (unpaired) electrons. The van der Waals surface area contributed by atoms with Gasteiger partial charge in [-0.05, 0) is 17.8 Å². The fourth-order valence-corrected chi connectivity index (χ4v) is 3.04. The van der Waals surface area contributed by atoms with E-state index >= 15 is 0 Å². The molecule has 1 saturated heterocycles. The number of aliphatic carboxylic acids is 1. The zero-order valence-electron chi connectivity index (χ0n) is 11.1. The molecule has 0 bridgehead atoms. The van der Waals surface area contributed by atoms with Crippen LogP contribution in [0.4, 0.5) is 0 Å². The van der Waals surface area contributed by atoms with E-state index in [1.54, 1.807) is 0 Å². The van der Waals surface area contributed by atoms with E-state index < -0.39 is 12.0 Å². The summed E-state index contributed by atoms with van der Waals surface area (Å²) in [5.41, 5.74) is -0.286. The first kappa shape index (κ1) is 13.1. The van der Waals surface area contributed by atoms with Crippen molar-refractivity contribution in [2.75, 3.05) is 0 Å². The number of amides is 2. The monoisotopic (exact) mass is 253 g/mol. The van der Waals surface area contributed by atoms with E-state index in [0.717, 1.165) is 4.90 Å². The summed E-state index contributed by atoms with van der Waals surface area (Å²) in [6.45, 7) is 7.53. The largest absolute Gasteiger partial charge is 0.480 e. The lowest BCUT2D eigenvalue weighted by Crippen LogP contribution is -2.48. The quantitative estimate of drug-likeness (QED) is 0.762. The summed E-state index contributed by atoms with van der Waals surface area (Å²) in [7, 11) is 0. The molecule has 5 nitrogen and oxygen atoms in total. The number of carbonyl (C=O) groups excluding carboxylic acids is 2. The van der Waals surface area contributed by atoms with Crippen molar-refractivity contribution in [2.24, 2.45) is 23.2 Å². The van der Waals surface area contributed by atoms with Gasteiger partial charge in [0, 0.05) is 0 Å². The van der Waals surface area contributed by atoms with Crippen molar-refractivity contribution in [1.29, 1.82) is 0 Å². The van der Waals surface area contributed by atoms with Crippen LogP contribution < -0.4 is 0 Å². The summed E-state index contributed by atoms with van der Waals surface area (Å²) < 4.78 is 0. The highest BCUT2D eigenvalue weighted by molar-refractivity contribution is 6.12. The van der Waals surface area contributed by atoms with Crippen LogP contribution in [0.2, 0.25) is 0 Å². The van der Waals surface area contributed by atoms with Crippen molar-refractivity contribution in [1.82, 2.24) is 4.90 Å². The average molecular weight is 253 g/mol. The van der Waals surface area contributed by atoms with E-state index in [0.29, 0.717) is 6.42 Å². The second-order valence-electron chi connectivity index (χ2n) is 6.31. The molecule has 18 heavy (non-hydrogen) atoms. The van der Waals surface area contributed by atoms with Gasteiger partial charge < -0.3 is 5.11 Å². The molecule has 3 atom stereocenters. The number of likely N-dealkylation sites (tertiary alicyclic amines) is 1. The molecule has 1 aliphatic heterocycles. The smallest absolute Gasteiger partial charge is 0.326 e. The minimum atomic E-state index is -1.09. The highest BCUT2D eigenvalue weighted by atomic mass is 16.4. The molecule has 0 aromatic rings. The number of carboxylic acids is 1. The molecule has 3 unspecified atom stereocenters. The van der Waals surface area contributed by atoms with Gasteiger partial charge in [-0.15, -0.1) is 0 Å². The van der Waals surface area contributed by atoms with E-state index in [9.17, 15) is 19.5 Å². The number of hydrogen-bond acceptors (Lipinski definition) is 3. The molecule has 100 valence electrons. The lowest BCUT2D eigenvalue weighted by molar-refractivity contribution is -0.157. The Bertz CT molecular complexity index is 403. The Morgan fingerprint density at radius 3 is 2.06 bits per heavy atom. The Morgan fingerprint density at radius 2 is 1.72 bits per heavy atom. The number of carboxylic acid groups (broad SMARTS) is 1. The molecule has 1 aliphatic carbocycles. The Kier molecular flexibility index (Phi) is 2.76. The van der Waals surface area contributed by atoms with Crippen LogP contribution >= 0.6 is 0 Å². The molecule has 0 aromatic heterocycles. The van der Waals surface area contributed by atoms with Crippen molar-refractivity contribution in [3.8, 4) is 0 Å². The number of nitrogens with zero attached hydrogens (tertiary/aromatic N) is 1. The van der Waals surface area contributed by atoms with Gasteiger partial charge in [-0.25, -0.2) is 4.79 Å². The average Bonchev–Trinajstić information content (AvgIpc) is 2.66. The van der Waals surface area contributed by atoms with Gasteiger partial charge in [0.2, 0.25) is 11.8 Å². The Hall–Kier alpha value is -1.39. The van der Waals surface area contributed by atoms with Crippen LogP contribution in [0.15, 0.2) is 0 Å². The number of fused-ring (bicyclic) bond motifs is 1. The highest BCUT2D eigenvalue weighted by Crippen LogP contribution is 2.63. The van der Waals surface area contributed by atoms with Gasteiger partial charge in [-0.3, -0.25) is 14.5 Å². The van der Waals surface area contributed by atoms with Crippen LogP contribution in [0.3, 0.4) is 0 Å². The standard InChI is InChI=1S/C13H19NO4/c1-6(2)5-7(12(17)18)14-10(15)8-9(11(14)16)13(8,3)4/h6-9H,5H2,1-4H3,(H,17,18). The molecule has 1 heterocycles.